The molecular formula is C10H13NO. The zero-order valence-corrected chi connectivity index (χ0v) is 7.25. The Morgan fingerprint density at radius 3 is 3.08 bits per heavy atom. The average Bonchev–Trinajstić information content (AvgIpc) is 2.49. The molecule has 1 aromatic carbocycles. The summed E-state index contributed by atoms with van der Waals surface area (Å²) < 4.78 is 0. The maximum Gasteiger partial charge on any atom is 0.120 e. The van der Waals surface area contributed by atoms with Gasteiger partial charge in [-0.3, -0.25) is 0 Å². The fourth-order valence-corrected chi connectivity index (χ4v) is 1.81. The van der Waals surface area contributed by atoms with Crippen molar-refractivity contribution in [3.8, 4) is 5.75 Å². The average molecular weight is 163 g/mol. The van der Waals surface area contributed by atoms with Crippen molar-refractivity contribution in [3.63, 3.8) is 0 Å². The lowest BCUT2D eigenvalue weighted by atomic mass is 10.1. The fourth-order valence-electron chi connectivity index (χ4n) is 1.81. The van der Waals surface area contributed by atoms with Crippen LogP contribution in [-0.2, 0) is 6.42 Å². The van der Waals surface area contributed by atoms with Crippen LogP contribution < -0.4 is 4.90 Å². The number of fused-ring (bicyclic) bond motifs is 1. The Balaban J connectivity index is 2.46. The van der Waals surface area contributed by atoms with Crippen LogP contribution >= 0.6 is 0 Å². The van der Waals surface area contributed by atoms with E-state index in [9.17, 15) is 5.11 Å². The number of benzene rings is 1. The first kappa shape index (κ1) is 7.47. The Kier molecular flexibility index (Phi) is 1.68. The van der Waals surface area contributed by atoms with E-state index in [1.54, 1.807) is 6.07 Å². The number of likely N-dealkylation sites (N-methyl/N-ethyl adjacent to an activating group) is 1. The number of phenolic OH excluding ortho intramolecular Hbond substituents is 1. The number of phenols is 1. The van der Waals surface area contributed by atoms with Crippen molar-refractivity contribution >= 4 is 5.69 Å². The van der Waals surface area contributed by atoms with Crippen LogP contribution in [0, 0.1) is 0 Å². The van der Waals surface area contributed by atoms with Gasteiger partial charge in [-0.1, -0.05) is 6.07 Å². The molecular weight excluding hydrogens is 150 g/mol. The Morgan fingerprint density at radius 1 is 1.50 bits per heavy atom. The highest BCUT2D eigenvalue weighted by Gasteiger charge is 2.19. The van der Waals surface area contributed by atoms with Crippen LogP contribution in [0.15, 0.2) is 18.2 Å². The van der Waals surface area contributed by atoms with Crippen molar-refractivity contribution in [1.82, 2.24) is 0 Å². The van der Waals surface area contributed by atoms with E-state index < -0.39 is 0 Å². The molecule has 0 fully saturated rings. The molecule has 0 atom stereocenters. The number of hydrogen-bond donors (Lipinski definition) is 1. The van der Waals surface area contributed by atoms with E-state index in [1.165, 1.54) is 5.69 Å². The molecule has 2 rings (SSSR count). The number of anilines is 1. The fraction of sp³-hybridized carbons (Fsp3) is 0.400. The van der Waals surface area contributed by atoms with Crippen LogP contribution in [0.5, 0.6) is 5.75 Å². The second-order valence-corrected chi connectivity index (χ2v) is 3.10. The van der Waals surface area contributed by atoms with Gasteiger partial charge >= 0.3 is 0 Å². The van der Waals surface area contributed by atoms with Gasteiger partial charge in [0.15, 0.2) is 0 Å². The summed E-state index contributed by atoms with van der Waals surface area (Å²) >= 11 is 0. The molecule has 1 heterocycles. The second kappa shape index (κ2) is 2.70. The Labute approximate surface area is 72.4 Å². The molecule has 0 bridgehead atoms. The molecule has 0 unspecified atom stereocenters. The Morgan fingerprint density at radius 2 is 2.33 bits per heavy atom. The van der Waals surface area contributed by atoms with Crippen molar-refractivity contribution in [3.05, 3.63) is 23.8 Å². The highest BCUT2D eigenvalue weighted by atomic mass is 16.3. The number of rotatable bonds is 1. The van der Waals surface area contributed by atoms with Gasteiger partial charge in [0.25, 0.3) is 0 Å². The first-order valence-corrected chi connectivity index (χ1v) is 4.38. The maximum absolute atomic E-state index is 9.52. The van der Waals surface area contributed by atoms with Gasteiger partial charge in [0.1, 0.15) is 5.75 Å². The normalized spacial score (nSPS) is 14.9. The van der Waals surface area contributed by atoms with Crippen LogP contribution in [0.3, 0.4) is 0 Å². The standard InChI is InChI=1S/C10H13NO/c1-2-11-7-6-8-9(11)4-3-5-10(8)12/h3-5,12H,2,6-7H2,1H3. The summed E-state index contributed by atoms with van der Waals surface area (Å²) in [4.78, 5) is 2.29. The number of aromatic hydroxyl groups is 1. The molecule has 0 saturated carbocycles. The summed E-state index contributed by atoms with van der Waals surface area (Å²) in [7, 11) is 0. The third-order valence-corrected chi connectivity index (χ3v) is 2.48. The monoisotopic (exact) mass is 163 g/mol. The molecule has 1 N–H and O–H groups in total. The van der Waals surface area contributed by atoms with Crippen molar-refractivity contribution < 1.29 is 5.11 Å². The predicted molar refractivity (Wildman–Crippen MR) is 49.7 cm³/mol. The lowest BCUT2D eigenvalue weighted by Gasteiger charge is -2.16. The minimum atomic E-state index is 0.448. The first-order chi connectivity index (χ1) is 5.83. The first-order valence-electron chi connectivity index (χ1n) is 4.38. The lowest BCUT2D eigenvalue weighted by molar-refractivity contribution is 0.470. The molecule has 64 valence electrons. The van der Waals surface area contributed by atoms with E-state index in [-0.39, 0.29) is 0 Å². The van der Waals surface area contributed by atoms with Crippen molar-refractivity contribution in [2.24, 2.45) is 0 Å². The smallest absolute Gasteiger partial charge is 0.120 e. The molecule has 1 aromatic rings. The number of nitrogens with zero attached hydrogens (tertiary/aromatic N) is 1. The van der Waals surface area contributed by atoms with Gasteiger partial charge in [-0.2, -0.15) is 0 Å². The van der Waals surface area contributed by atoms with E-state index in [0.717, 1.165) is 25.1 Å². The highest BCUT2D eigenvalue weighted by molar-refractivity contribution is 5.62. The molecule has 0 aliphatic carbocycles. The highest BCUT2D eigenvalue weighted by Crippen LogP contribution is 2.33. The third kappa shape index (κ3) is 0.951. The van der Waals surface area contributed by atoms with E-state index in [4.69, 9.17) is 0 Å². The van der Waals surface area contributed by atoms with Crippen LogP contribution in [0.2, 0.25) is 0 Å². The summed E-state index contributed by atoms with van der Waals surface area (Å²) in [6, 6.07) is 5.74. The van der Waals surface area contributed by atoms with Crippen molar-refractivity contribution in [2.45, 2.75) is 13.3 Å². The van der Waals surface area contributed by atoms with E-state index >= 15 is 0 Å². The summed E-state index contributed by atoms with van der Waals surface area (Å²) in [5, 5.41) is 9.52. The summed E-state index contributed by atoms with van der Waals surface area (Å²) in [6.45, 7) is 4.21. The van der Waals surface area contributed by atoms with E-state index in [1.807, 2.05) is 6.07 Å². The minimum absolute atomic E-state index is 0.448. The van der Waals surface area contributed by atoms with Crippen LogP contribution in [0.25, 0.3) is 0 Å². The van der Waals surface area contributed by atoms with Gasteiger partial charge in [0.2, 0.25) is 0 Å². The lowest BCUT2D eigenvalue weighted by Crippen LogP contribution is -2.18. The van der Waals surface area contributed by atoms with Crippen molar-refractivity contribution in [1.29, 1.82) is 0 Å². The van der Waals surface area contributed by atoms with E-state index in [2.05, 4.69) is 17.9 Å². The largest absolute Gasteiger partial charge is 0.508 e. The maximum atomic E-state index is 9.52. The zero-order chi connectivity index (χ0) is 8.55. The summed E-state index contributed by atoms with van der Waals surface area (Å²) in [6.07, 6.45) is 0.982. The van der Waals surface area contributed by atoms with Gasteiger partial charge in [-0.25, -0.2) is 0 Å². The summed E-state index contributed by atoms with van der Waals surface area (Å²) in [5.74, 6) is 0.448. The SMILES string of the molecule is CCN1CCc2c(O)cccc21. The van der Waals surface area contributed by atoms with Gasteiger partial charge in [0.05, 0.1) is 0 Å². The molecule has 2 nitrogen and oxygen atoms in total. The van der Waals surface area contributed by atoms with E-state index in [0.29, 0.717) is 5.75 Å². The summed E-state index contributed by atoms with van der Waals surface area (Å²) in [5.41, 5.74) is 2.32. The Hall–Kier alpha value is -1.18. The molecule has 1 aliphatic rings. The second-order valence-electron chi connectivity index (χ2n) is 3.10. The number of hydrogen-bond acceptors (Lipinski definition) is 2. The molecule has 0 amide bonds. The van der Waals surface area contributed by atoms with Gasteiger partial charge in [0, 0.05) is 24.3 Å². The molecule has 0 spiro atoms. The van der Waals surface area contributed by atoms with Crippen LogP contribution in [0.4, 0.5) is 5.69 Å². The molecule has 0 saturated heterocycles. The molecule has 12 heavy (non-hydrogen) atoms. The van der Waals surface area contributed by atoms with Crippen LogP contribution in [0.1, 0.15) is 12.5 Å². The molecule has 2 heteroatoms. The molecule has 0 aromatic heterocycles. The Bertz CT molecular complexity index is 296. The van der Waals surface area contributed by atoms with Gasteiger partial charge in [-0.15, -0.1) is 0 Å². The minimum Gasteiger partial charge on any atom is -0.508 e. The van der Waals surface area contributed by atoms with Crippen LogP contribution in [-0.4, -0.2) is 18.2 Å². The zero-order valence-electron chi connectivity index (χ0n) is 7.25. The predicted octanol–water partition coefficient (Wildman–Crippen LogP) is 1.77. The third-order valence-electron chi connectivity index (χ3n) is 2.48. The van der Waals surface area contributed by atoms with Gasteiger partial charge in [-0.05, 0) is 25.5 Å². The molecule has 0 radical (unpaired) electrons. The van der Waals surface area contributed by atoms with Gasteiger partial charge < -0.3 is 10.0 Å². The quantitative estimate of drug-likeness (QED) is 0.682. The topological polar surface area (TPSA) is 23.5 Å². The van der Waals surface area contributed by atoms with Crippen molar-refractivity contribution in [2.75, 3.05) is 18.0 Å². The molecule has 1 aliphatic heterocycles.